The van der Waals surface area contributed by atoms with Crippen LogP contribution < -0.4 is 4.74 Å². The lowest BCUT2D eigenvalue weighted by atomic mass is 10.1. The molecule has 3 nitrogen and oxygen atoms in total. The lowest BCUT2D eigenvalue weighted by molar-refractivity contribution is -0.274. The minimum atomic E-state index is -4.75. The lowest BCUT2D eigenvalue weighted by Crippen LogP contribution is -2.16. The Hall–Kier alpha value is -2.15. The van der Waals surface area contributed by atoms with Crippen molar-refractivity contribution < 1.29 is 27.4 Å². The van der Waals surface area contributed by atoms with Crippen molar-refractivity contribution in [2.24, 2.45) is 0 Å². The molecule has 0 radical (unpaired) electrons. The second-order valence-electron chi connectivity index (χ2n) is 3.89. The molecule has 106 valence electrons. The maximum absolute atomic E-state index is 13.2. The Labute approximate surface area is 111 Å². The minimum absolute atomic E-state index is 0.0608. The van der Waals surface area contributed by atoms with Gasteiger partial charge in [-0.2, -0.15) is 0 Å². The van der Waals surface area contributed by atoms with Gasteiger partial charge in [-0.3, -0.25) is 4.98 Å². The van der Waals surface area contributed by atoms with Gasteiger partial charge in [0, 0.05) is 11.1 Å². The van der Waals surface area contributed by atoms with Crippen LogP contribution in [0.15, 0.2) is 36.5 Å². The second-order valence-corrected chi connectivity index (χ2v) is 3.89. The molecule has 0 aliphatic rings. The molecule has 1 aromatic heterocycles. The fourth-order valence-corrected chi connectivity index (χ4v) is 1.59. The van der Waals surface area contributed by atoms with E-state index in [9.17, 15) is 17.6 Å². The standard InChI is InChI=1S/C13H9F4NO2/c14-11-6-18-12(5-9(11)7-19)8-1-3-10(4-2-8)20-13(15,16)17/h1-6,19H,7H2. The molecule has 0 atom stereocenters. The van der Waals surface area contributed by atoms with E-state index in [0.717, 1.165) is 18.3 Å². The molecule has 1 aromatic carbocycles. The number of hydrogen-bond donors (Lipinski definition) is 1. The topological polar surface area (TPSA) is 42.4 Å². The Balaban J connectivity index is 2.26. The van der Waals surface area contributed by atoms with Gasteiger partial charge in [-0.05, 0) is 30.3 Å². The molecule has 0 aliphatic carbocycles. The Kier molecular flexibility index (Phi) is 3.89. The summed E-state index contributed by atoms with van der Waals surface area (Å²) in [7, 11) is 0. The summed E-state index contributed by atoms with van der Waals surface area (Å²) >= 11 is 0. The third kappa shape index (κ3) is 3.45. The van der Waals surface area contributed by atoms with Crippen LogP contribution >= 0.6 is 0 Å². The van der Waals surface area contributed by atoms with E-state index in [0.29, 0.717) is 11.3 Å². The molecule has 0 bridgehead atoms. The van der Waals surface area contributed by atoms with Gasteiger partial charge in [0.05, 0.1) is 18.5 Å². The molecule has 0 amide bonds. The monoisotopic (exact) mass is 287 g/mol. The Morgan fingerprint density at radius 1 is 1.15 bits per heavy atom. The smallest absolute Gasteiger partial charge is 0.406 e. The third-order valence-corrected chi connectivity index (χ3v) is 2.49. The van der Waals surface area contributed by atoms with Crippen LogP contribution in [0.3, 0.4) is 0 Å². The third-order valence-electron chi connectivity index (χ3n) is 2.49. The first-order valence-electron chi connectivity index (χ1n) is 5.50. The second kappa shape index (κ2) is 5.46. The van der Waals surface area contributed by atoms with Crippen LogP contribution in [0.25, 0.3) is 11.3 Å². The summed E-state index contributed by atoms with van der Waals surface area (Å²) in [5.41, 5.74) is 0.883. The number of aliphatic hydroxyl groups is 1. The molecule has 0 saturated carbocycles. The van der Waals surface area contributed by atoms with Gasteiger partial charge < -0.3 is 9.84 Å². The largest absolute Gasteiger partial charge is 0.573 e. The summed E-state index contributed by atoms with van der Waals surface area (Å²) in [5, 5.41) is 8.95. The lowest BCUT2D eigenvalue weighted by Gasteiger charge is -2.09. The van der Waals surface area contributed by atoms with Crippen molar-refractivity contribution in [1.82, 2.24) is 4.98 Å². The van der Waals surface area contributed by atoms with Crippen molar-refractivity contribution in [3.05, 3.63) is 47.9 Å². The number of pyridine rings is 1. The van der Waals surface area contributed by atoms with Crippen LogP contribution in [0.2, 0.25) is 0 Å². The number of aliphatic hydroxyl groups excluding tert-OH is 1. The van der Waals surface area contributed by atoms with Crippen LogP contribution in [0.1, 0.15) is 5.56 Å². The van der Waals surface area contributed by atoms with Crippen LogP contribution in [0, 0.1) is 5.82 Å². The maximum Gasteiger partial charge on any atom is 0.573 e. The molecular formula is C13H9F4NO2. The zero-order valence-electron chi connectivity index (χ0n) is 9.99. The number of halogens is 4. The number of alkyl halides is 3. The maximum atomic E-state index is 13.2. The number of nitrogens with zero attached hydrogens (tertiary/aromatic N) is 1. The Morgan fingerprint density at radius 2 is 1.80 bits per heavy atom. The van der Waals surface area contributed by atoms with Crippen molar-refractivity contribution in [1.29, 1.82) is 0 Å². The summed E-state index contributed by atoms with van der Waals surface area (Å²) in [4.78, 5) is 3.81. The van der Waals surface area contributed by atoms with Crippen molar-refractivity contribution in [3.63, 3.8) is 0 Å². The minimum Gasteiger partial charge on any atom is -0.406 e. The van der Waals surface area contributed by atoms with E-state index >= 15 is 0 Å². The highest BCUT2D eigenvalue weighted by Gasteiger charge is 2.30. The number of hydrogen-bond acceptors (Lipinski definition) is 3. The van der Waals surface area contributed by atoms with E-state index < -0.39 is 18.8 Å². The summed E-state index contributed by atoms with van der Waals surface area (Å²) < 4.78 is 52.9. The van der Waals surface area contributed by atoms with Crippen LogP contribution in [0.5, 0.6) is 5.75 Å². The molecule has 0 aliphatic heterocycles. The fraction of sp³-hybridized carbons (Fsp3) is 0.154. The average molecular weight is 287 g/mol. The SMILES string of the molecule is OCc1cc(-c2ccc(OC(F)(F)F)cc2)ncc1F. The van der Waals surface area contributed by atoms with Gasteiger partial charge in [0.2, 0.25) is 0 Å². The normalized spacial score (nSPS) is 11.4. The van der Waals surface area contributed by atoms with E-state index in [2.05, 4.69) is 9.72 Å². The molecule has 2 aromatic rings. The Morgan fingerprint density at radius 3 is 2.35 bits per heavy atom. The van der Waals surface area contributed by atoms with Gasteiger partial charge >= 0.3 is 6.36 Å². The molecule has 0 unspecified atom stereocenters. The number of benzene rings is 1. The van der Waals surface area contributed by atoms with E-state index in [4.69, 9.17) is 5.11 Å². The first kappa shape index (κ1) is 14.3. The predicted octanol–water partition coefficient (Wildman–Crippen LogP) is 3.28. The van der Waals surface area contributed by atoms with Crippen molar-refractivity contribution in [2.45, 2.75) is 13.0 Å². The zero-order valence-corrected chi connectivity index (χ0v) is 9.99. The molecule has 1 heterocycles. The summed E-state index contributed by atoms with van der Waals surface area (Å²) in [6.07, 6.45) is -3.80. The highest BCUT2D eigenvalue weighted by atomic mass is 19.4. The zero-order chi connectivity index (χ0) is 14.8. The molecule has 0 saturated heterocycles. The van der Waals surface area contributed by atoms with Crippen LogP contribution in [-0.4, -0.2) is 16.5 Å². The van der Waals surface area contributed by atoms with Crippen molar-refractivity contribution >= 4 is 0 Å². The fourth-order valence-electron chi connectivity index (χ4n) is 1.59. The van der Waals surface area contributed by atoms with E-state index in [-0.39, 0.29) is 11.3 Å². The number of aromatic nitrogens is 1. The summed E-state index contributed by atoms with van der Waals surface area (Å²) in [6.45, 7) is -0.489. The highest BCUT2D eigenvalue weighted by Crippen LogP contribution is 2.26. The molecule has 0 spiro atoms. The molecule has 0 fully saturated rings. The van der Waals surface area contributed by atoms with Gasteiger partial charge in [-0.1, -0.05) is 0 Å². The molecule has 7 heteroatoms. The van der Waals surface area contributed by atoms with Gasteiger partial charge in [-0.25, -0.2) is 4.39 Å². The first-order chi connectivity index (χ1) is 9.39. The van der Waals surface area contributed by atoms with Crippen LogP contribution in [-0.2, 0) is 6.61 Å². The van der Waals surface area contributed by atoms with E-state index in [1.54, 1.807) is 0 Å². The number of ether oxygens (including phenoxy) is 1. The van der Waals surface area contributed by atoms with Crippen molar-refractivity contribution in [3.8, 4) is 17.0 Å². The van der Waals surface area contributed by atoms with Gasteiger partial charge in [0.1, 0.15) is 11.6 Å². The predicted molar refractivity (Wildman–Crippen MR) is 62.2 cm³/mol. The Bertz CT molecular complexity index is 596. The molecule has 2 rings (SSSR count). The quantitative estimate of drug-likeness (QED) is 0.881. The molecular weight excluding hydrogens is 278 g/mol. The number of rotatable bonds is 3. The summed E-state index contributed by atoms with van der Waals surface area (Å²) in [6, 6.07) is 6.32. The van der Waals surface area contributed by atoms with Crippen LogP contribution in [0.4, 0.5) is 17.6 Å². The summed E-state index contributed by atoms with van der Waals surface area (Å²) in [5.74, 6) is -1.00. The van der Waals surface area contributed by atoms with Crippen molar-refractivity contribution in [2.75, 3.05) is 0 Å². The molecule has 20 heavy (non-hydrogen) atoms. The highest BCUT2D eigenvalue weighted by molar-refractivity contribution is 5.60. The average Bonchev–Trinajstić information content (AvgIpc) is 2.38. The van der Waals surface area contributed by atoms with Gasteiger partial charge in [0.25, 0.3) is 0 Å². The first-order valence-corrected chi connectivity index (χ1v) is 5.50. The van der Waals surface area contributed by atoms with Gasteiger partial charge in [0.15, 0.2) is 0 Å². The molecule has 1 N–H and O–H groups in total. The van der Waals surface area contributed by atoms with Gasteiger partial charge in [-0.15, -0.1) is 13.2 Å². The van der Waals surface area contributed by atoms with E-state index in [1.165, 1.54) is 18.2 Å². The van der Waals surface area contributed by atoms with E-state index in [1.807, 2.05) is 0 Å².